The van der Waals surface area contributed by atoms with Crippen molar-refractivity contribution in [3.8, 4) is 5.75 Å². The van der Waals surface area contributed by atoms with Crippen LogP contribution in [0.3, 0.4) is 0 Å². The normalized spacial score (nSPS) is 13.4. The first-order valence-corrected chi connectivity index (χ1v) is 12.3. The molecule has 0 aliphatic heterocycles. The van der Waals surface area contributed by atoms with Crippen LogP contribution >= 0.6 is 0 Å². The number of fused-ring (bicyclic) bond motifs is 3. The van der Waals surface area contributed by atoms with Crippen molar-refractivity contribution in [2.75, 3.05) is 12.4 Å². The van der Waals surface area contributed by atoms with Crippen LogP contribution in [0, 0.1) is 0 Å². The van der Waals surface area contributed by atoms with Crippen molar-refractivity contribution in [1.29, 1.82) is 0 Å². The lowest BCUT2D eigenvalue weighted by Crippen LogP contribution is -2.25. The molecule has 1 amide bonds. The third-order valence-corrected chi connectivity index (χ3v) is 6.71. The van der Waals surface area contributed by atoms with Crippen LogP contribution in [0.2, 0.25) is 0 Å². The maximum absolute atomic E-state index is 13.7. The van der Waals surface area contributed by atoms with Crippen molar-refractivity contribution in [1.82, 2.24) is 24.3 Å². The number of hydrogen-bond donors (Lipinski definition) is 1. The van der Waals surface area contributed by atoms with Gasteiger partial charge in [-0.2, -0.15) is 4.98 Å². The van der Waals surface area contributed by atoms with Crippen molar-refractivity contribution in [2.45, 2.75) is 45.2 Å². The van der Waals surface area contributed by atoms with E-state index in [-0.39, 0.29) is 24.6 Å². The number of anilines is 1. The van der Waals surface area contributed by atoms with Crippen LogP contribution in [0.1, 0.15) is 43.0 Å². The van der Waals surface area contributed by atoms with Gasteiger partial charge in [0.05, 0.1) is 19.0 Å². The maximum Gasteiger partial charge on any atom is 0.278 e. The molecule has 1 aliphatic rings. The minimum absolute atomic E-state index is 0.0603. The number of methoxy groups -OCH3 is 1. The smallest absolute Gasteiger partial charge is 0.278 e. The number of ether oxygens (including phenoxy) is 1. The highest BCUT2D eigenvalue weighted by Crippen LogP contribution is 2.38. The fraction of sp³-hybridized carbons (Fsp3) is 0.296. The molecule has 0 saturated heterocycles. The lowest BCUT2D eigenvalue weighted by molar-refractivity contribution is -0.116. The second-order valence-electron chi connectivity index (χ2n) is 9.26. The SMILES string of the molecule is CCc1ccc(NC(=O)Cn2c3ccc(OC)cc3c3ncn(Cc4nc(C5CC5)no4)c(=O)c32)cc1. The Morgan fingerprint density at radius 2 is 2.00 bits per heavy atom. The van der Waals surface area contributed by atoms with Crippen molar-refractivity contribution < 1.29 is 14.1 Å². The van der Waals surface area contributed by atoms with Gasteiger partial charge in [0, 0.05) is 17.0 Å². The van der Waals surface area contributed by atoms with E-state index in [4.69, 9.17) is 9.26 Å². The number of amides is 1. The van der Waals surface area contributed by atoms with Crippen LogP contribution in [-0.4, -0.2) is 37.3 Å². The summed E-state index contributed by atoms with van der Waals surface area (Å²) in [5.74, 6) is 1.77. The Morgan fingerprint density at radius 3 is 2.73 bits per heavy atom. The zero-order valence-electron chi connectivity index (χ0n) is 20.6. The van der Waals surface area contributed by atoms with Gasteiger partial charge < -0.3 is 19.1 Å². The van der Waals surface area contributed by atoms with Gasteiger partial charge in [-0.05, 0) is 55.2 Å². The number of nitrogens with zero attached hydrogens (tertiary/aromatic N) is 5. The number of benzene rings is 2. The summed E-state index contributed by atoms with van der Waals surface area (Å²) in [6.07, 6.45) is 4.51. The minimum atomic E-state index is -0.300. The van der Waals surface area contributed by atoms with Crippen molar-refractivity contribution in [3.63, 3.8) is 0 Å². The van der Waals surface area contributed by atoms with Gasteiger partial charge >= 0.3 is 0 Å². The summed E-state index contributed by atoms with van der Waals surface area (Å²) in [5, 5.41) is 7.69. The second-order valence-corrected chi connectivity index (χ2v) is 9.26. The Labute approximate surface area is 211 Å². The number of rotatable bonds is 8. The molecule has 10 nitrogen and oxygen atoms in total. The largest absolute Gasteiger partial charge is 0.497 e. The third-order valence-electron chi connectivity index (χ3n) is 6.71. The van der Waals surface area contributed by atoms with E-state index < -0.39 is 0 Å². The molecule has 37 heavy (non-hydrogen) atoms. The Kier molecular flexibility index (Phi) is 5.71. The van der Waals surface area contributed by atoms with E-state index in [0.717, 1.165) is 24.6 Å². The molecule has 0 bridgehead atoms. The van der Waals surface area contributed by atoms with Crippen LogP contribution in [0.5, 0.6) is 5.75 Å². The van der Waals surface area contributed by atoms with Crippen molar-refractivity contribution in [3.05, 3.63) is 76.4 Å². The molecule has 1 fully saturated rings. The van der Waals surface area contributed by atoms with E-state index in [1.165, 1.54) is 16.5 Å². The molecular weight excluding hydrogens is 472 g/mol. The molecule has 0 atom stereocenters. The first-order chi connectivity index (χ1) is 18.0. The van der Waals surface area contributed by atoms with E-state index in [1.54, 1.807) is 17.7 Å². The topological polar surface area (TPSA) is 117 Å². The van der Waals surface area contributed by atoms with E-state index in [0.29, 0.717) is 45.6 Å². The number of aryl methyl sites for hydroxylation is 1. The predicted octanol–water partition coefficient (Wildman–Crippen LogP) is 3.87. The van der Waals surface area contributed by atoms with Crippen molar-refractivity contribution >= 4 is 33.5 Å². The summed E-state index contributed by atoms with van der Waals surface area (Å²) in [4.78, 5) is 35.8. The van der Waals surface area contributed by atoms with Crippen LogP contribution in [0.15, 0.2) is 58.1 Å². The molecule has 0 radical (unpaired) electrons. The Hall–Kier alpha value is -4.47. The quantitative estimate of drug-likeness (QED) is 0.345. The summed E-state index contributed by atoms with van der Waals surface area (Å²) in [6, 6.07) is 13.2. The molecule has 1 N–H and O–H groups in total. The summed E-state index contributed by atoms with van der Waals surface area (Å²) in [6.45, 7) is 2.12. The highest BCUT2D eigenvalue weighted by Gasteiger charge is 2.29. The summed E-state index contributed by atoms with van der Waals surface area (Å²) < 4.78 is 13.9. The monoisotopic (exact) mass is 498 g/mol. The lowest BCUT2D eigenvalue weighted by Gasteiger charge is -2.10. The number of carbonyl (C=O) groups is 1. The standard InChI is InChI=1S/C27H26N6O4/c1-3-16-4-8-18(9-5-16)29-22(34)13-33-21-11-10-19(36-2)12-20(21)24-25(33)27(35)32(15-28-24)14-23-30-26(31-37-23)17-6-7-17/h4-5,8-12,15,17H,3,6-7,13-14H2,1-2H3,(H,29,34). The van der Waals surface area contributed by atoms with E-state index in [1.807, 2.05) is 36.4 Å². The number of hydrogen-bond acceptors (Lipinski definition) is 7. The summed E-state index contributed by atoms with van der Waals surface area (Å²) in [7, 11) is 1.58. The summed E-state index contributed by atoms with van der Waals surface area (Å²) >= 11 is 0. The highest BCUT2D eigenvalue weighted by atomic mass is 16.5. The van der Waals surface area contributed by atoms with Gasteiger partial charge in [0.1, 0.15) is 29.9 Å². The molecule has 2 aromatic carbocycles. The number of nitrogens with one attached hydrogen (secondary N) is 1. The van der Waals surface area contributed by atoms with Gasteiger partial charge in [-0.25, -0.2) is 4.98 Å². The predicted molar refractivity (Wildman–Crippen MR) is 138 cm³/mol. The van der Waals surface area contributed by atoms with Gasteiger partial charge in [0.15, 0.2) is 5.82 Å². The average molecular weight is 499 g/mol. The maximum atomic E-state index is 13.7. The van der Waals surface area contributed by atoms with Crippen LogP contribution in [0.25, 0.3) is 21.9 Å². The molecule has 0 spiro atoms. The van der Waals surface area contributed by atoms with Crippen LogP contribution < -0.4 is 15.6 Å². The molecule has 1 aliphatic carbocycles. The van der Waals surface area contributed by atoms with Gasteiger partial charge in [-0.15, -0.1) is 0 Å². The van der Waals surface area contributed by atoms with Gasteiger partial charge in [-0.3, -0.25) is 14.2 Å². The fourth-order valence-corrected chi connectivity index (χ4v) is 4.54. The van der Waals surface area contributed by atoms with Gasteiger partial charge in [0.25, 0.3) is 5.56 Å². The molecule has 1 saturated carbocycles. The molecule has 188 valence electrons. The number of aromatic nitrogens is 5. The number of carbonyl (C=O) groups excluding carboxylic acids is 1. The molecule has 0 unspecified atom stereocenters. The average Bonchev–Trinajstić information content (AvgIpc) is 3.59. The Balaban J connectivity index is 1.39. The molecule has 10 heteroatoms. The highest BCUT2D eigenvalue weighted by molar-refractivity contribution is 6.07. The van der Waals surface area contributed by atoms with E-state index >= 15 is 0 Å². The lowest BCUT2D eigenvalue weighted by atomic mass is 10.1. The molecule has 3 heterocycles. The van der Waals surface area contributed by atoms with E-state index in [9.17, 15) is 9.59 Å². The van der Waals surface area contributed by atoms with E-state index in [2.05, 4.69) is 27.4 Å². The van der Waals surface area contributed by atoms with Gasteiger partial charge in [0.2, 0.25) is 11.8 Å². The first-order valence-electron chi connectivity index (χ1n) is 12.3. The molecule has 6 rings (SSSR count). The Morgan fingerprint density at radius 1 is 1.19 bits per heavy atom. The van der Waals surface area contributed by atoms with Crippen molar-refractivity contribution in [2.24, 2.45) is 0 Å². The van der Waals surface area contributed by atoms with Gasteiger partial charge in [-0.1, -0.05) is 24.2 Å². The zero-order valence-corrected chi connectivity index (χ0v) is 20.6. The first kappa shape index (κ1) is 23.0. The Bertz CT molecular complexity index is 1680. The zero-order chi connectivity index (χ0) is 25.5. The molecule has 3 aromatic heterocycles. The molecular formula is C27H26N6O4. The van der Waals surface area contributed by atoms with Crippen LogP contribution in [0.4, 0.5) is 5.69 Å². The molecule has 5 aromatic rings. The summed E-state index contributed by atoms with van der Waals surface area (Å²) in [5.41, 5.74) is 3.12. The fourth-order valence-electron chi connectivity index (χ4n) is 4.54. The third kappa shape index (κ3) is 4.35. The second kappa shape index (κ2) is 9.20. The van der Waals surface area contributed by atoms with Crippen LogP contribution in [-0.2, 0) is 24.3 Å². The minimum Gasteiger partial charge on any atom is -0.497 e.